The van der Waals surface area contributed by atoms with E-state index in [1.54, 1.807) is 19.9 Å². The van der Waals surface area contributed by atoms with E-state index in [0.29, 0.717) is 55.6 Å². The van der Waals surface area contributed by atoms with Crippen LogP contribution in [0.4, 0.5) is 5.69 Å². The van der Waals surface area contributed by atoms with Crippen LogP contribution < -0.4 is 14.8 Å². The van der Waals surface area contributed by atoms with Crippen LogP contribution in [0.15, 0.2) is 51.9 Å². The first-order valence-electron chi connectivity index (χ1n) is 12.3. The van der Waals surface area contributed by atoms with Crippen molar-refractivity contribution in [3.63, 3.8) is 0 Å². The first-order chi connectivity index (χ1) is 17.6. The summed E-state index contributed by atoms with van der Waals surface area (Å²) < 4.78 is 38.5. The molecule has 1 aliphatic heterocycles. The second-order valence-corrected chi connectivity index (χ2v) is 11.3. The number of methoxy groups -OCH3 is 1. The summed E-state index contributed by atoms with van der Waals surface area (Å²) in [6.07, 6.45) is 1.31. The quantitative estimate of drug-likeness (QED) is 0.432. The Labute approximate surface area is 217 Å². The topological polar surface area (TPSA) is 127 Å². The van der Waals surface area contributed by atoms with E-state index in [0.717, 1.165) is 5.56 Å². The standard InChI is InChI=1S/C26H33N5O5S/c1-17(2)30-37(33,34)21-9-10-23(35-4)22(15-21)27-26(32)20-11-13-31(14-12-20)16-24-28-25(29-36-24)19-7-5-18(3)6-8-19/h5-10,15,17,20,30H,11-14,16H2,1-4H3,(H,27,32). The Bertz CT molecular complexity index is 1330. The monoisotopic (exact) mass is 527 g/mol. The van der Waals surface area contributed by atoms with E-state index in [4.69, 9.17) is 9.26 Å². The number of anilines is 1. The van der Waals surface area contributed by atoms with Crippen molar-refractivity contribution < 1.29 is 22.5 Å². The number of piperidine rings is 1. The summed E-state index contributed by atoms with van der Waals surface area (Å²) in [6.45, 7) is 7.44. The maximum atomic E-state index is 13.0. The molecular weight excluding hydrogens is 494 g/mol. The van der Waals surface area contributed by atoms with Crippen LogP contribution in [0.2, 0.25) is 0 Å². The zero-order chi connectivity index (χ0) is 26.6. The molecule has 0 unspecified atom stereocenters. The molecule has 37 heavy (non-hydrogen) atoms. The zero-order valence-electron chi connectivity index (χ0n) is 21.5. The zero-order valence-corrected chi connectivity index (χ0v) is 22.3. The number of ether oxygens (including phenoxy) is 1. The van der Waals surface area contributed by atoms with E-state index in [9.17, 15) is 13.2 Å². The number of aromatic nitrogens is 2. The predicted octanol–water partition coefficient (Wildman–Crippen LogP) is 3.59. The van der Waals surface area contributed by atoms with Crippen molar-refractivity contribution in [1.29, 1.82) is 0 Å². The van der Waals surface area contributed by atoms with Crippen LogP contribution in [0.25, 0.3) is 11.4 Å². The van der Waals surface area contributed by atoms with Gasteiger partial charge in [-0.15, -0.1) is 0 Å². The SMILES string of the molecule is COc1ccc(S(=O)(=O)NC(C)C)cc1NC(=O)C1CCN(Cc2nc(-c3ccc(C)cc3)no2)CC1. The summed E-state index contributed by atoms with van der Waals surface area (Å²) in [5, 5.41) is 6.96. The molecule has 2 aromatic carbocycles. The number of nitrogens with one attached hydrogen (secondary N) is 2. The largest absolute Gasteiger partial charge is 0.495 e. The smallest absolute Gasteiger partial charge is 0.241 e. The van der Waals surface area contributed by atoms with Gasteiger partial charge in [0.15, 0.2) is 0 Å². The molecule has 10 nitrogen and oxygen atoms in total. The maximum absolute atomic E-state index is 13.0. The Morgan fingerprint density at radius 1 is 1.16 bits per heavy atom. The van der Waals surface area contributed by atoms with Gasteiger partial charge in [-0.3, -0.25) is 9.69 Å². The second-order valence-electron chi connectivity index (χ2n) is 9.56. The molecule has 2 heterocycles. The predicted molar refractivity (Wildman–Crippen MR) is 140 cm³/mol. The molecule has 4 rings (SSSR count). The van der Waals surface area contributed by atoms with Crippen LogP contribution in [0.3, 0.4) is 0 Å². The van der Waals surface area contributed by atoms with Gasteiger partial charge in [0.05, 0.1) is 24.2 Å². The molecule has 0 saturated carbocycles. The van der Waals surface area contributed by atoms with E-state index in [1.165, 1.54) is 24.8 Å². The highest BCUT2D eigenvalue weighted by molar-refractivity contribution is 7.89. The van der Waals surface area contributed by atoms with E-state index in [-0.39, 0.29) is 22.8 Å². The Balaban J connectivity index is 1.35. The second kappa shape index (κ2) is 11.4. The van der Waals surface area contributed by atoms with Gasteiger partial charge in [-0.1, -0.05) is 35.0 Å². The summed E-state index contributed by atoms with van der Waals surface area (Å²) >= 11 is 0. The van der Waals surface area contributed by atoms with Gasteiger partial charge in [-0.05, 0) is 64.9 Å². The highest BCUT2D eigenvalue weighted by atomic mass is 32.2. The molecule has 0 bridgehead atoms. The molecule has 2 N–H and O–H groups in total. The van der Waals surface area contributed by atoms with E-state index >= 15 is 0 Å². The van der Waals surface area contributed by atoms with Gasteiger partial charge in [-0.2, -0.15) is 4.98 Å². The molecule has 1 aromatic heterocycles. The number of aryl methyl sites for hydroxylation is 1. The summed E-state index contributed by atoms with van der Waals surface area (Å²) in [5.41, 5.74) is 2.40. The lowest BCUT2D eigenvalue weighted by atomic mass is 9.96. The summed E-state index contributed by atoms with van der Waals surface area (Å²) in [5.74, 6) is 1.13. The molecule has 1 saturated heterocycles. The third-order valence-electron chi connectivity index (χ3n) is 6.23. The minimum absolute atomic E-state index is 0.0664. The normalized spacial score (nSPS) is 15.2. The Hall–Kier alpha value is -3.28. The highest BCUT2D eigenvalue weighted by Crippen LogP contribution is 2.29. The molecule has 1 fully saturated rings. The number of sulfonamides is 1. The van der Waals surface area contributed by atoms with E-state index < -0.39 is 10.0 Å². The highest BCUT2D eigenvalue weighted by Gasteiger charge is 2.27. The van der Waals surface area contributed by atoms with E-state index in [2.05, 4.69) is 25.1 Å². The van der Waals surface area contributed by atoms with Crippen molar-refractivity contribution in [3.05, 3.63) is 53.9 Å². The summed E-state index contributed by atoms with van der Waals surface area (Å²) in [6, 6.07) is 12.1. The van der Waals surface area contributed by atoms with Gasteiger partial charge in [-0.25, -0.2) is 13.1 Å². The number of hydrogen-bond acceptors (Lipinski definition) is 8. The third-order valence-corrected chi connectivity index (χ3v) is 7.88. The van der Waals surface area contributed by atoms with Crippen LogP contribution in [0.5, 0.6) is 5.75 Å². The van der Waals surface area contributed by atoms with Crippen LogP contribution in [0, 0.1) is 12.8 Å². The molecule has 198 valence electrons. The van der Waals surface area contributed by atoms with Gasteiger partial charge >= 0.3 is 0 Å². The first-order valence-corrected chi connectivity index (χ1v) is 13.8. The van der Waals surface area contributed by atoms with Crippen LogP contribution in [0.1, 0.15) is 38.1 Å². The molecule has 0 radical (unpaired) electrons. The fourth-order valence-corrected chi connectivity index (χ4v) is 5.53. The summed E-state index contributed by atoms with van der Waals surface area (Å²) in [7, 11) is -2.23. The third kappa shape index (κ3) is 6.73. The average Bonchev–Trinajstić information content (AvgIpc) is 3.32. The van der Waals surface area contributed by atoms with Gasteiger partial charge in [0.1, 0.15) is 5.75 Å². The first kappa shape index (κ1) is 26.8. The minimum atomic E-state index is -3.71. The maximum Gasteiger partial charge on any atom is 0.241 e. The lowest BCUT2D eigenvalue weighted by Gasteiger charge is -2.30. The number of carbonyl (C=O) groups excluding carboxylic acids is 1. The number of likely N-dealkylation sites (tertiary alicyclic amines) is 1. The number of carbonyl (C=O) groups is 1. The van der Waals surface area contributed by atoms with Crippen LogP contribution in [-0.2, 0) is 21.4 Å². The Morgan fingerprint density at radius 3 is 2.51 bits per heavy atom. The van der Waals surface area contributed by atoms with Crippen molar-refractivity contribution >= 4 is 21.6 Å². The van der Waals surface area contributed by atoms with E-state index in [1.807, 2.05) is 31.2 Å². The number of rotatable bonds is 9. The van der Waals surface area contributed by atoms with Crippen molar-refractivity contribution in [1.82, 2.24) is 19.8 Å². The van der Waals surface area contributed by atoms with Gasteiger partial charge in [0.2, 0.25) is 27.6 Å². The molecular formula is C26H33N5O5S. The van der Waals surface area contributed by atoms with Gasteiger partial charge in [0.25, 0.3) is 0 Å². The fraction of sp³-hybridized carbons (Fsp3) is 0.423. The molecule has 0 atom stereocenters. The Kier molecular flexibility index (Phi) is 8.25. The number of nitrogens with zero attached hydrogens (tertiary/aromatic N) is 3. The number of amides is 1. The fourth-order valence-electron chi connectivity index (χ4n) is 4.25. The number of hydrogen-bond donors (Lipinski definition) is 2. The van der Waals surface area contributed by atoms with Gasteiger partial charge < -0.3 is 14.6 Å². The van der Waals surface area contributed by atoms with Crippen LogP contribution in [-0.4, -0.2) is 55.6 Å². The molecule has 11 heteroatoms. The Morgan fingerprint density at radius 2 is 1.86 bits per heavy atom. The molecule has 1 amide bonds. The van der Waals surface area contributed by atoms with Crippen molar-refractivity contribution in [3.8, 4) is 17.1 Å². The van der Waals surface area contributed by atoms with Crippen molar-refractivity contribution in [2.75, 3.05) is 25.5 Å². The lowest BCUT2D eigenvalue weighted by Crippen LogP contribution is -2.38. The molecule has 1 aliphatic rings. The van der Waals surface area contributed by atoms with Crippen LogP contribution >= 0.6 is 0 Å². The van der Waals surface area contributed by atoms with Crippen molar-refractivity contribution in [2.45, 2.75) is 51.1 Å². The molecule has 0 aliphatic carbocycles. The minimum Gasteiger partial charge on any atom is -0.495 e. The van der Waals surface area contributed by atoms with Crippen molar-refractivity contribution in [2.24, 2.45) is 5.92 Å². The number of benzene rings is 2. The van der Waals surface area contributed by atoms with Gasteiger partial charge in [0, 0.05) is 17.5 Å². The lowest BCUT2D eigenvalue weighted by molar-refractivity contribution is -0.121. The average molecular weight is 528 g/mol. The molecule has 3 aromatic rings. The molecule has 0 spiro atoms. The summed E-state index contributed by atoms with van der Waals surface area (Å²) in [4.78, 5) is 19.8.